The molecule has 4 heterocycles. The van der Waals surface area contributed by atoms with Crippen LogP contribution in [0.3, 0.4) is 0 Å². The van der Waals surface area contributed by atoms with E-state index in [2.05, 4.69) is 15.0 Å². The first kappa shape index (κ1) is 14.0. The van der Waals surface area contributed by atoms with Crippen LogP contribution in [0.1, 0.15) is 46.5 Å². The highest BCUT2D eigenvalue weighted by atomic mass is 16.2. The minimum Gasteiger partial charge on any atom is -0.344 e. The molecule has 3 aromatic heterocycles. The second-order valence-electron chi connectivity index (χ2n) is 6.10. The predicted molar refractivity (Wildman–Crippen MR) is 86.3 cm³/mol. The summed E-state index contributed by atoms with van der Waals surface area (Å²) >= 11 is 0. The number of H-pyrrole nitrogens is 1. The monoisotopic (exact) mass is 309 g/mol. The SMILES string of the molecule is Cc1nc(C2CCCN2C(=O)c2ccc3nccn3c2)[nH]c1C. The molecule has 0 aromatic carbocycles. The van der Waals surface area contributed by atoms with Crippen molar-refractivity contribution in [3.05, 3.63) is 53.5 Å². The lowest BCUT2D eigenvalue weighted by Crippen LogP contribution is -2.31. The normalized spacial score (nSPS) is 18.0. The number of hydrogen-bond donors (Lipinski definition) is 1. The van der Waals surface area contributed by atoms with Crippen LogP contribution >= 0.6 is 0 Å². The van der Waals surface area contributed by atoms with Crippen LogP contribution in [0.15, 0.2) is 30.7 Å². The quantitative estimate of drug-likeness (QED) is 0.791. The van der Waals surface area contributed by atoms with E-state index < -0.39 is 0 Å². The zero-order chi connectivity index (χ0) is 16.0. The zero-order valence-corrected chi connectivity index (χ0v) is 13.3. The van der Waals surface area contributed by atoms with Gasteiger partial charge >= 0.3 is 0 Å². The Kier molecular flexibility index (Phi) is 3.18. The third-order valence-electron chi connectivity index (χ3n) is 4.61. The molecule has 6 heteroatoms. The van der Waals surface area contributed by atoms with E-state index >= 15 is 0 Å². The van der Waals surface area contributed by atoms with Crippen molar-refractivity contribution in [1.82, 2.24) is 24.3 Å². The Balaban J connectivity index is 1.66. The van der Waals surface area contributed by atoms with E-state index in [4.69, 9.17) is 0 Å². The number of aromatic nitrogens is 4. The van der Waals surface area contributed by atoms with Gasteiger partial charge in [-0.25, -0.2) is 9.97 Å². The Labute approximate surface area is 134 Å². The zero-order valence-electron chi connectivity index (χ0n) is 13.3. The van der Waals surface area contributed by atoms with Crippen molar-refractivity contribution in [3.63, 3.8) is 0 Å². The summed E-state index contributed by atoms with van der Waals surface area (Å²) in [6.07, 6.45) is 7.39. The number of fused-ring (bicyclic) bond motifs is 1. The molecule has 23 heavy (non-hydrogen) atoms. The second kappa shape index (κ2) is 5.22. The van der Waals surface area contributed by atoms with Crippen molar-refractivity contribution >= 4 is 11.6 Å². The summed E-state index contributed by atoms with van der Waals surface area (Å²) in [5.41, 5.74) is 3.59. The van der Waals surface area contributed by atoms with Crippen molar-refractivity contribution in [3.8, 4) is 0 Å². The average Bonchev–Trinajstić information content (AvgIpc) is 3.26. The molecule has 1 amide bonds. The van der Waals surface area contributed by atoms with E-state index in [1.54, 1.807) is 6.20 Å². The summed E-state index contributed by atoms with van der Waals surface area (Å²) in [5, 5.41) is 0. The molecule has 1 N–H and O–H groups in total. The highest BCUT2D eigenvalue weighted by Gasteiger charge is 2.32. The van der Waals surface area contributed by atoms with E-state index in [9.17, 15) is 4.79 Å². The molecule has 0 spiro atoms. The Morgan fingerprint density at radius 1 is 1.35 bits per heavy atom. The van der Waals surface area contributed by atoms with Gasteiger partial charge in [0.25, 0.3) is 5.91 Å². The number of carbonyl (C=O) groups excluding carboxylic acids is 1. The number of rotatable bonds is 2. The summed E-state index contributed by atoms with van der Waals surface area (Å²) < 4.78 is 1.87. The van der Waals surface area contributed by atoms with Crippen LogP contribution in [0, 0.1) is 13.8 Å². The summed E-state index contributed by atoms with van der Waals surface area (Å²) in [5.74, 6) is 0.948. The average molecular weight is 309 g/mol. The maximum Gasteiger partial charge on any atom is 0.255 e. The molecule has 1 aliphatic heterocycles. The fourth-order valence-corrected chi connectivity index (χ4v) is 3.24. The van der Waals surface area contributed by atoms with Gasteiger partial charge in [0.1, 0.15) is 11.5 Å². The standard InChI is InChI=1S/C17H19N5O/c1-11-12(2)20-16(19-11)14-4-3-8-22(14)17(23)13-5-6-15-18-7-9-21(15)10-13/h5-7,9-10,14H,3-4,8H2,1-2H3,(H,19,20). The number of amides is 1. The molecular formula is C17H19N5O. The van der Waals surface area contributed by atoms with Gasteiger partial charge < -0.3 is 14.3 Å². The van der Waals surface area contributed by atoms with E-state index in [1.165, 1.54) is 0 Å². The van der Waals surface area contributed by atoms with Gasteiger partial charge in [0.05, 0.1) is 17.3 Å². The maximum atomic E-state index is 12.9. The van der Waals surface area contributed by atoms with Crippen LogP contribution in [0.4, 0.5) is 0 Å². The molecular weight excluding hydrogens is 290 g/mol. The largest absolute Gasteiger partial charge is 0.344 e. The molecule has 4 rings (SSSR count). The van der Waals surface area contributed by atoms with E-state index in [0.29, 0.717) is 5.56 Å². The highest BCUT2D eigenvalue weighted by molar-refractivity contribution is 5.94. The third-order valence-corrected chi connectivity index (χ3v) is 4.61. The first-order valence-electron chi connectivity index (χ1n) is 7.90. The fourth-order valence-electron chi connectivity index (χ4n) is 3.24. The van der Waals surface area contributed by atoms with Crippen LogP contribution in [0.5, 0.6) is 0 Å². The molecule has 0 bridgehead atoms. The Hall–Kier alpha value is -2.63. The molecule has 0 aliphatic carbocycles. The van der Waals surface area contributed by atoms with Gasteiger partial charge in [0.2, 0.25) is 0 Å². The minimum absolute atomic E-state index is 0.0355. The molecule has 1 saturated heterocycles. The molecule has 118 valence electrons. The number of aromatic amines is 1. The second-order valence-corrected chi connectivity index (χ2v) is 6.10. The van der Waals surface area contributed by atoms with Gasteiger partial charge in [-0.15, -0.1) is 0 Å². The van der Waals surface area contributed by atoms with Crippen LogP contribution in [-0.4, -0.2) is 36.7 Å². The maximum absolute atomic E-state index is 12.9. The summed E-state index contributed by atoms with van der Waals surface area (Å²) in [6, 6.07) is 3.76. The van der Waals surface area contributed by atoms with E-state index in [-0.39, 0.29) is 11.9 Å². The molecule has 1 atom stereocenters. The summed E-state index contributed by atoms with van der Waals surface area (Å²) in [7, 11) is 0. The Morgan fingerprint density at radius 2 is 2.22 bits per heavy atom. The van der Waals surface area contributed by atoms with Gasteiger partial charge in [-0.3, -0.25) is 4.79 Å². The molecule has 3 aromatic rings. The lowest BCUT2D eigenvalue weighted by molar-refractivity contribution is 0.0729. The molecule has 6 nitrogen and oxygen atoms in total. The minimum atomic E-state index is 0.0355. The predicted octanol–water partition coefficient (Wildman–Crippen LogP) is 2.65. The first-order valence-corrected chi connectivity index (χ1v) is 7.90. The van der Waals surface area contributed by atoms with Crippen LogP contribution in [0.25, 0.3) is 5.65 Å². The van der Waals surface area contributed by atoms with Gasteiger partial charge in [-0.2, -0.15) is 0 Å². The Bertz CT molecular complexity index is 859. The number of hydrogen-bond acceptors (Lipinski definition) is 3. The summed E-state index contributed by atoms with van der Waals surface area (Å²) in [4.78, 5) is 27.0. The molecule has 0 saturated carbocycles. The van der Waals surface area contributed by atoms with E-state index in [0.717, 1.165) is 42.2 Å². The van der Waals surface area contributed by atoms with Gasteiger partial charge in [0, 0.05) is 30.8 Å². The van der Waals surface area contributed by atoms with Crippen molar-refractivity contribution in [1.29, 1.82) is 0 Å². The van der Waals surface area contributed by atoms with Crippen LogP contribution in [0.2, 0.25) is 0 Å². The van der Waals surface area contributed by atoms with Crippen molar-refractivity contribution in [2.24, 2.45) is 0 Å². The lowest BCUT2D eigenvalue weighted by Gasteiger charge is -2.23. The number of carbonyl (C=O) groups is 1. The number of imidazole rings is 2. The van der Waals surface area contributed by atoms with Crippen LogP contribution < -0.4 is 0 Å². The van der Waals surface area contributed by atoms with Gasteiger partial charge in [-0.1, -0.05) is 0 Å². The highest BCUT2D eigenvalue weighted by Crippen LogP contribution is 2.32. The van der Waals surface area contributed by atoms with Crippen molar-refractivity contribution in [2.75, 3.05) is 6.54 Å². The van der Waals surface area contributed by atoms with Gasteiger partial charge in [-0.05, 0) is 38.8 Å². The number of nitrogens with zero attached hydrogens (tertiary/aromatic N) is 4. The molecule has 1 aliphatic rings. The fraction of sp³-hybridized carbons (Fsp3) is 0.353. The van der Waals surface area contributed by atoms with E-state index in [1.807, 2.05) is 47.7 Å². The summed E-state index contributed by atoms with van der Waals surface area (Å²) in [6.45, 7) is 4.77. The first-order chi connectivity index (χ1) is 11.1. The van der Waals surface area contributed by atoms with Crippen molar-refractivity contribution in [2.45, 2.75) is 32.7 Å². The molecule has 1 fully saturated rings. The lowest BCUT2D eigenvalue weighted by atomic mass is 10.2. The third kappa shape index (κ3) is 2.30. The number of likely N-dealkylation sites (tertiary alicyclic amines) is 1. The van der Waals surface area contributed by atoms with Gasteiger partial charge in [0.15, 0.2) is 0 Å². The smallest absolute Gasteiger partial charge is 0.255 e. The molecule has 1 unspecified atom stereocenters. The molecule has 0 radical (unpaired) electrons. The Morgan fingerprint density at radius 3 is 3.00 bits per heavy atom. The van der Waals surface area contributed by atoms with Crippen molar-refractivity contribution < 1.29 is 4.79 Å². The number of aryl methyl sites for hydroxylation is 2. The number of pyridine rings is 1. The van der Waals surface area contributed by atoms with Crippen LogP contribution in [-0.2, 0) is 0 Å². The number of nitrogens with one attached hydrogen (secondary N) is 1. The topological polar surface area (TPSA) is 66.3 Å².